The van der Waals surface area contributed by atoms with Gasteiger partial charge in [0.05, 0.1) is 7.11 Å². The summed E-state index contributed by atoms with van der Waals surface area (Å²) in [5, 5.41) is 3.02. The summed E-state index contributed by atoms with van der Waals surface area (Å²) < 4.78 is 5.34. The lowest BCUT2D eigenvalue weighted by Gasteiger charge is -2.22. The summed E-state index contributed by atoms with van der Waals surface area (Å²) in [5.74, 6) is 0.609. The zero-order valence-electron chi connectivity index (χ0n) is 17.7. The number of benzene rings is 4. The molecule has 0 heterocycles. The summed E-state index contributed by atoms with van der Waals surface area (Å²) in [4.78, 5) is 13.2. The van der Waals surface area contributed by atoms with E-state index in [0.29, 0.717) is 5.56 Å². The minimum absolute atomic E-state index is 0.0794. The van der Waals surface area contributed by atoms with Crippen LogP contribution >= 0.6 is 0 Å². The maximum Gasteiger partial charge on any atom is 0.255 e. The van der Waals surface area contributed by atoms with Gasteiger partial charge in [0.25, 0.3) is 5.91 Å². The fourth-order valence-corrected chi connectivity index (χ4v) is 3.78. The van der Waals surface area contributed by atoms with Crippen molar-refractivity contribution in [3.05, 3.63) is 131 Å². The zero-order valence-corrected chi connectivity index (χ0v) is 17.7. The molecule has 31 heavy (non-hydrogen) atoms. The Labute approximate surface area is 183 Å². The highest BCUT2D eigenvalue weighted by Gasteiger charge is 2.22. The van der Waals surface area contributed by atoms with E-state index < -0.39 is 0 Å². The standard InChI is InChI=1S/C28H25NO2/c1-20-12-14-21(15-13-20)27(22-16-18-24(31-2)19-17-22)25-10-6-7-11-26(25)28(30)29-23-8-4-3-5-9-23/h3-19,27H,1-2H3,(H,29,30). The van der Waals surface area contributed by atoms with Crippen molar-refractivity contribution >= 4 is 11.6 Å². The summed E-state index contributed by atoms with van der Waals surface area (Å²) in [5.41, 5.74) is 5.84. The minimum atomic E-state index is -0.118. The van der Waals surface area contributed by atoms with Gasteiger partial charge in [0.1, 0.15) is 5.75 Å². The van der Waals surface area contributed by atoms with Gasteiger partial charge in [-0.25, -0.2) is 0 Å². The lowest BCUT2D eigenvalue weighted by Crippen LogP contribution is -2.17. The van der Waals surface area contributed by atoms with Crippen molar-refractivity contribution in [2.24, 2.45) is 0 Å². The van der Waals surface area contributed by atoms with Gasteiger partial charge in [-0.2, -0.15) is 0 Å². The average Bonchev–Trinajstić information content (AvgIpc) is 2.82. The van der Waals surface area contributed by atoms with E-state index in [1.54, 1.807) is 7.11 Å². The van der Waals surface area contributed by atoms with Crippen LogP contribution in [0.15, 0.2) is 103 Å². The Morgan fingerprint density at radius 3 is 1.97 bits per heavy atom. The van der Waals surface area contributed by atoms with E-state index in [1.807, 2.05) is 66.7 Å². The third kappa shape index (κ3) is 4.67. The van der Waals surface area contributed by atoms with Gasteiger partial charge in [0.2, 0.25) is 0 Å². The molecule has 4 rings (SSSR count). The Hall–Kier alpha value is -3.85. The van der Waals surface area contributed by atoms with Crippen molar-refractivity contribution in [2.75, 3.05) is 12.4 Å². The topological polar surface area (TPSA) is 38.3 Å². The molecule has 1 atom stereocenters. The molecule has 4 aromatic rings. The van der Waals surface area contributed by atoms with Gasteiger partial charge in [-0.3, -0.25) is 4.79 Å². The summed E-state index contributed by atoms with van der Waals surface area (Å²) in [6.45, 7) is 2.08. The monoisotopic (exact) mass is 407 g/mol. The van der Waals surface area contributed by atoms with Crippen LogP contribution in [0.1, 0.15) is 38.5 Å². The van der Waals surface area contributed by atoms with Crippen LogP contribution in [0.25, 0.3) is 0 Å². The number of para-hydroxylation sites is 1. The Morgan fingerprint density at radius 1 is 0.742 bits per heavy atom. The highest BCUT2D eigenvalue weighted by atomic mass is 16.5. The van der Waals surface area contributed by atoms with Crippen LogP contribution in [0.2, 0.25) is 0 Å². The van der Waals surface area contributed by atoms with E-state index in [0.717, 1.165) is 28.1 Å². The first-order valence-electron chi connectivity index (χ1n) is 10.3. The molecule has 154 valence electrons. The molecule has 0 saturated heterocycles. The second kappa shape index (κ2) is 9.31. The SMILES string of the molecule is COc1ccc(C(c2ccc(C)cc2)c2ccccc2C(=O)Nc2ccccc2)cc1. The molecule has 0 saturated carbocycles. The van der Waals surface area contributed by atoms with Crippen molar-refractivity contribution in [1.29, 1.82) is 0 Å². The number of hydrogen-bond acceptors (Lipinski definition) is 2. The number of carbonyl (C=O) groups excluding carboxylic acids is 1. The van der Waals surface area contributed by atoms with E-state index in [-0.39, 0.29) is 11.8 Å². The van der Waals surface area contributed by atoms with Crippen LogP contribution < -0.4 is 10.1 Å². The third-order valence-corrected chi connectivity index (χ3v) is 5.41. The number of amides is 1. The number of hydrogen-bond donors (Lipinski definition) is 1. The highest BCUT2D eigenvalue weighted by molar-refractivity contribution is 6.05. The van der Waals surface area contributed by atoms with Crippen molar-refractivity contribution in [3.63, 3.8) is 0 Å². The molecule has 0 aromatic heterocycles. The van der Waals surface area contributed by atoms with Crippen molar-refractivity contribution in [3.8, 4) is 5.75 Å². The zero-order chi connectivity index (χ0) is 21.6. The summed E-state index contributed by atoms with van der Waals surface area (Å²) >= 11 is 0. The number of anilines is 1. The van der Waals surface area contributed by atoms with E-state index >= 15 is 0 Å². The number of carbonyl (C=O) groups is 1. The van der Waals surface area contributed by atoms with Gasteiger partial charge < -0.3 is 10.1 Å². The summed E-state index contributed by atoms with van der Waals surface area (Å²) in [7, 11) is 1.66. The fraction of sp³-hybridized carbons (Fsp3) is 0.107. The van der Waals surface area contributed by atoms with Gasteiger partial charge in [-0.15, -0.1) is 0 Å². The molecule has 1 amide bonds. The maximum absolute atomic E-state index is 13.2. The van der Waals surface area contributed by atoms with E-state index in [4.69, 9.17) is 4.74 Å². The van der Waals surface area contributed by atoms with Crippen molar-refractivity contribution in [2.45, 2.75) is 12.8 Å². The minimum Gasteiger partial charge on any atom is -0.497 e. The van der Waals surface area contributed by atoms with Gasteiger partial charge in [-0.05, 0) is 53.9 Å². The predicted octanol–water partition coefficient (Wildman–Crippen LogP) is 6.44. The molecular weight excluding hydrogens is 382 g/mol. The molecule has 3 heteroatoms. The molecule has 0 aliphatic heterocycles. The average molecular weight is 408 g/mol. The van der Waals surface area contributed by atoms with Crippen LogP contribution in [0, 0.1) is 6.92 Å². The first-order valence-corrected chi connectivity index (χ1v) is 10.3. The van der Waals surface area contributed by atoms with Crippen LogP contribution in [-0.2, 0) is 0 Å². The summed E-state index contributed by atoms with van der Waals surface area (Å²) in [6, 6.07) is 33.9. The van der Waals surface area contributed by atoms with E-state index in [2.05, 4.69) is 48.6 Å². The van der Waals surface area contributed by atoms with Gasteiger partial charge in [0.15, 0.2) is 0 Å². The largest absolute Gasteiger partial charge is 0.497 e. The number of ether oxygens (including phenoxy) is 1. The van der Waals surface area contributed by atoms with Crippen LogP contribution in [0.3, 0.4) is 0 Å². The van der Waals surface area contributed by atoms with E-state index in [9.17, 15) is 4.79 Å². The second-order valence-corrected chi connectivity index (χ2v) is 7.52. The van der Waals surface area contributed by atoms with Crippen LogP contribution in [0.5, 0.6) is 5.75 Å². The molecule has 1 unspecified atom stereocenters. The Morgan fingerprint density at radius 2 is 1.32 bits per heavy atom. The van der Waals surface area contributed by atoms with Crippen molar-refractivity contribution in [1.82, 2.24) is 0 Å². The van der Waals surface area contributed by atoms with Crippen LogP contribution in [-0.4, -0.2) is 13.0 Å². The number of nitrogens with one attached hydrogen (secondary N) is 1. The number of aryl methyl sites for hydroxylation is 1. The lowest BCUT2D eigenvalue weighted by molar-refractivity contribution is 0.102. The quantitative estimate of drug-likeness (QED) is 0.374. The first-order chi connectivity index (χ1) is 15.2. The Kier molecular flexibility index (Phi) is 6.13. The van der Waals surface area contributed by atoms with Crippen LogP contribution in [0.4, 0.5) is 5.69 Å². The molecule has 3 nitrogen and oxygen atoms in total. The molecular formula is C28H25NO2. The fourth-order valence-electron chi connectivity index (χ4n) is 3.78. The highest BCUT2D eigenvalue weighted by Crippen LogP contribution is 2.35. The molecule has 0 aliphatic carbocycles. The van der Waals surface area contributed by atoms with Crippen molar-refractivity contribution < 1.29 is 9.53 Å². The predicted molar refractivity (Wildman–Crippen MR) is 126 cm³/mol. The number of methoxy groups -OCH3 is 1. The molecule has 0 spiro atoms. The van der Waals surface area contributed by atoms with E-state index in [1.165, 1.54) is 5.56 Å². The normalized spacial score (nSPS) is 11.5. The molecule has 1 N–H and O–H groups in total. The Bertz CT molecular complexity index is 1150. The van der Waals surface area contributed by atoms with Gasteiger partial charge in [0, 0.05) is 17.2 Å². The third-order valence-electron chi connectivity index (χ3n) is 5.41. The van der Waals surface area contributed by atoms with Gasteiger partial charge in [-0.1, -0.05) is 78.4 Å². The molecule has 0 bridgehead atoms. The van der Waals surface area contributed by atoms with Gasteiger partial charge >= 0.3 is 0 Å². The molecule has 0 radical (unpaired) electrons. The molecule has 4 aromatic carbocycles. The molecule has 0 aliphatic rings. The number of rotatable bonds is 6. The maximum atomic E-state index is 13.2. The summed E-state index contributed by atoms with van der Waals surface area (Å²) in [6.07, 6.45) is 0. The molecule has 0 fully saturated rings. The second-order valence-electron chi connectivity index (χ2n) is 7.52. The first kappa shape index (κ1) is 20.4. The lowest BCUT2D eigenvalue weighted by atomic mass is 9.82. The smallest absolute Gasteiger partial charge is 0.255 e. The Balaban J connectivity index is 1.79.